The fourth-order valence-electron chi connectivity index (χ4n) is 4.58. The zero-order chi connectivity index (χ0) is 36.1. The number of nitrogens with two attached hydrogens (primary N) is 1. The van der Waals surface area contributed by atoms with E-state index in [2.05, 4.69) is 21.9 Å². The van der Waals surface area contributed by atoms with Gasteiger partial charge in [0.2, 0.25) is 17.7 Å². The van der Waals surface area contributed by atoms with E-state index >= 15 is 0 Å². The van der Waals surface area contributed by atoms with Crippen molar-refractivity contribution < 1.29 is 40.7 Å². The van der Waals surface area contributed by atoms with E-state index in [1.54, 1.807) is 18.2 Å². The van der Waals surface area contributed by atoms with Crippen molar-refractivity contribution in [3.05, 3.63) is 132 Å². The largest absolute Gasteiger partial charge is 0.481 e. The van der Waals surface area contributed by atoms with Crippen LogP contribution >= 0.6 is 0 Å². The van der Waals surface area contributed by atoms with Crippen molar-refractivity contribution >= 4 is 33.6 Å². The van der Waals surface area contributed by atoms with Gasteiger partial charge in [-0.3, -0.25) is 9.59 Å². The molecule has 11 nitrogen and oxygen atoms in total. The minimum absolute atomic E-state index is 0.126. The molecule has 0 bridgehead atoms. The minimum atomic E-state index is -4.66. The van der Waals surface area contributed by atoms with E-state index in [4.69, 9.17) is 15.2 Å². The number of methoxy groups -OCH3 is 1. The Morgan fingerprint density at radius 3 is 2.26 bits per heavy atom. The van der Waals surface area contributed by atoms with Crippen LogP contribution in [0, 0.1) is 0 Å². The average molecular weight is 704 g/mol. The van der Waals surface area contributed by atoms with Gasteiger partial charge in [0, 0.05) is 22.4 Å². The summed E-state index contributed by atoms with van der Waals surface area (Å²) in [7, 11) is -3.04. The quantitative estimate of drug-likeness (QED) is 0.142. The van der Waals surface area contributed by atoms with Crippen LogP contribution in [0.25, 0.3) is 17.5 Å². The topological polar surface area (TPSA) is 163 Å². The van der Waals surface area contributed by atoms with Crippen LogP contribution in [0.3, 0.4) is 0 Å². The molecule has 15 heteroatoms. The molecule has 2 amide bonds. The molecule has 50 heavy (non-hydrogen) atoms. The molecule has 1 heterocycles. The lowest BCUT2D eigenvalue weighted by atomic mass is 10.0. The fraction of sp³-hybridized carbons (Fsp3) is 0.0857. The second-order valence-electron chi connectivity index (χ2n) is 10.5. The Bertz CT molecular complexity index is 2160. The van der Waals surface area contributed by atoms with E-state index < -0.39 is 44.5 Å². The first-order chi connectivity index (χ1) is 23.8. The van der Waals surface area contributed by atoms with Gasteiger partial charge in [-0.25, -0.2) is 13.1 Å². The zero-order valence-electron chi connectivity index (χ0n) is 26.1. The normalized spacial score (nSPS) is 12.0. The van der Waals surface area contributed by atoms with Gasteiger partial charge in [0.1, 0.15) is 11.8 Å². The standard InChI is InChI=1S/C35H28F3N5O6S/c1-3-21-18-23(12-17-28(21)49-30-20-29(48-2)41-32(42-30)22-8-5-4-6-9-22)31(39)34(45)40-26-11-7-10-24(19-26)33(44)43-50(46,47)27-15-13-25(14-16-27)35(36,37)38/h3-20,31H,1,39H2,2H3,(H,40,45)(H,43,44). The molecule has 0 radical (unpaired) electrons. The molecule has 0 fully saturated rings. The van der Waals surface area contributed by atoms with Crippen LogP contribution < -0.4 is 25.2 Å². The number of alkyl halides is 3. The highest BCUT2D eigenvalue weighted by atomic mass is 32.2. The summed E-state index contributed by atoms with van der Waals surface area (Å²) in [6, 6.07) is 22.4. The van der Waals surface area contributed by atoms with Gasteiger partial charge in [-0.05, 0) is 60.2 Å². The number of rotatable bonds is 11. The first-order valence-electron chi connectivity index (χ1n) is 14.6. The number of amides is 2. The van der Waals surface area contributed by atoms with Crippen LogP contribution in [0.4, 0.5) is 18.9 Å². The summed E-state index contributed by atoms with van der Waals surface area (Å²) in [5.41, 5.74) is 6.83. The molecule has 256 valence electrons. The summed E-state index contributed by atoms with van der Waals surface area (Å²) in [5, 5.41) is 2.59. The van der Waals surface area contributed by atoms with Gasteiger partial charge in [-0.2, -0.15) is 23.1 Å². The molecule has 0 aliphatic rings. The van der Waals surface area contributed by atoms with E-state index in [0.29, 0.717) is 34.8 Å². The first-order valence-corrected chi connectivity index (χ1v) is 16.1. The highest BCUT2D eigenvalue weighted by molar-refractivity contribution is 7.90. The smallest absolute Gasteiger partial charge is 0.416 e. The van der Waals surface area contributed by atoms with E-state index in [1.165, 1.54) is 43.5 Å². The monoisotopic (exact) mass is 703 g/mol. The van der Waals surface area contributed by atoms with E-state index in [-0.39, 0.29) is 23.0 Å². The van der Waals surface area contributed by atoms with E-state index in [1.807, 2.05) is 35.1 Å². The summed E-state index contributed by atoms with van der Waals surface area (Å²) >= 11 is 0. The Hall–Kier alpha value is -6.06. The molecule has 5 aromatic rings. The van der Waals surface area contributed by atoms with Gasteiger partial charge in [0.05, 0.1) is 23.6 Å². The van der Waals surface area contributed by atoms with Crippen molar-refractivity contribution in [3.8, 4) is 28.9 Å². The fourth-order valence-corrected chi connectivity index (χ4v) is 5.55. The third-order valence-corrected chi connectivity index (χ3v) is 8.49. The summed E-state index contributed by atoms with van der Waals surface area (Å²) in [5.74, 6) is -0.500. The van der Waals surface area contributed by atoms with Gasteiger partial charge >= 0.3 is 6.18 Å². The summed E-state index contributed by atoms with van der Waals surface area (Å²) in [4.78, 5) is 34.2. The predicted molar refractivity (Wildman–Crippen MR) is 179 cm³/mol. The third kappa shape index (κ3) is 8.32. The van der Waals surface area contributed by atoms with Crippen molar-refractivity contribution in [1.29, 1.82) is 0 Å². The Morgan fingerprint density at radius 1 is 0.900 bits per heavy atom. The first kappa shape index (κ1) is 35.3. The van der Waals surface area contributed by atoms with Crippen LogP contribution in [0.2, 0.25) is 0 Å². The lowest BCUT2D eigenvalue weighted by molar-refractivity contribution is -0.137. The number of nitrogens with zero attached hydrogens (tertiary/aromatic N) is 2. The maximum atomic E-state index is 13.1. The predicted octanol–water partition coefficient (Wildman–Crippen LogP) is 6.36. The van der Waals surface area contributed by atoms with Gasteiger partial charge in [-0.1, -0.05) is 55.1 Å². The Morgan fingerprint density at radius 2 is 1.60 bits per heavy atom. The lowest BCUT2D eigenvalue weighted by Crippen LogP contribution is -2.31. The van der Waals surface area contributed by atoms with Crippen LogP contribution in [-0.2, 0) is 21.0 Å². The van der Waals surface area contributed by atoms with Crippen molar-refractivity contribution in [3.63, 3.8) is 0 Å². The van der Waals surface area contributed by atoms with Gasteiger partial charge in [0.25, 0.3) is 15.9 Å². The number of carbonyl (C=O) groups excluding carboxylic acids is 2. The van der Waals surface area contributed by atoms with E-state index in [0.717, 1.165) is 17.7 Å². The Labute approximate surface area is 284 Å². The maximum absolute atomic E-state index is 13.1. The van der Waals surface area contributed by atoms with Crippen molar-refractivity contribution in [2.24, 2.45) is 5.73 Å². The second-order valence-corrected chi connectivity index (χ2v) is 12.2. The Balaban J connectivity index is 1.27. The second kappa shape index (κ2) is 14.6. The molecular formula is C35H28F3N5O6S. The molecule has 0 aliphatic heterocycles. The highest BCUT2D eigenvalue weighted by Gasteiger charge is 2.31. The van der Waals surface area contributed by atoms with Gasteiger partial charge < -0.3 is 20.5 Å². The molecule has 0 saturated heterocycles. The number of hydrogen-bond acceptors (Lipinski definition) is 9. The number of anilines is 1. The Kier molecular flexibility index (Phi) is 10.3. The zero-order valence-corrected chi connectivity index (χ0v) is 27.0. The number of aromatic nitrogens is 2. The van der Waals surface area contributed by atoms with Crippen molar-refractivity contribution in [2.45, 2.75) is 17.1 Å². The molecule has 1 atom stereocenters. The van der Waals surface area contributed by atoms with E-state index in [9.17, 15) is 31.2 Å². The summed E-state index contributed by atoms with van der Waals surface area (Å²) in [6.07, 6.45) is -3.15. The van der Waals surface area contributed by atoms with Crippen LogP contribution in [0.1, 0.15) is 33.1 Å². The highest BCUT2D eigenvalue weighted by Crippen LogP contribution is 2.32. The number of sulfonamides is 1. The molecular weight excluding hydrogens is 675 g/mol. The number of carbonyl (C=O) groups is 2. The van der Waals surface area contributed by atoms with Crippen molar-refractivity contribution in [2.75, 3.05) is 12.4 Å². The molecule has 1 aromatic heterocycles. The molecule has 4 N–H and O–H groups in total. The van der Waals surface area contributed by atoms with Crippen LogP contribution in [0.15, 0.2) is 115 Å². The molecule has 0 aliphatic carbocycles. The van der Waals surface area contributed by atoms with Crippen LogP contribution in [0.5, 0.6) is 17.5 Å². The molecule has 0 saturated carbocycles. The van der Waals surface area contributed by atoms with Crippen molar-refractivity contribution in [1.82, 2.24) is 14.7 Å². The SMILES string of the molecule is C=Cc1cc(C(N)C(=O)Nc2cccc(C(=O)NS(=O)(=O)c3ccc(C(F)(F)F)cc3)c2)ccc1Oc1cc(OC)nc(-c2ccccc2)n1. The molecule has 0 spiro atoms. The average Bonchev–Trinajstić information content (AvgIpc) is 3.11. The number of nitrogens with one attached hydrogen (secondary N) is 2. The number of benzene rings is 4. The molecule has 4 aromatic carbocycles. The summed E-state index contributed by atoms with van der Waals surface area (Å²) in [6.45, 7) is 3.82. The number of halogens is 3. The number of ether oxygens (including phenoxy) is 2. The van der Waals surface area contributed by atoms with Gasteiger partial charge in [0.15, 0.2) is 5.82 Å². The molecule has 5 rings (SSSR count). The molecule has 1 unspecified atom stereocenters. The third-order valence-electron chi connectivity index (χ3n) is 7.14. The minimum Gasteiger partial charge on any atom is -0.481 e. The maximum Gasteiger partial charge on any atom is 0.416 e. The van der Waals surface area contributed by atoms with Crippen LogP contribution in [-0.4, -0.2) is 37.3 Å². The lowest BCUT2D eigenvalue weighted by Gasteiger charge is -2.16. The number of hydrogen-bond donors (Lipinski definition) is 3. The summed E-state index contributed by atoms with van der Waals surface area (Å²) < 4.78 is 77.0. The van der Waals surface area contributed by atoms with Gasteiger partial charge in [-0.15, -0.1) is 0 Å².